The molecule has 0 saturated carbocycles. The van der Waals surface area contributed by atoms with E-state index in [0.29, 0.717) is 4.88 Å². The lowest BCUT2D eigenvalue weighted by atomic mass is 10.0. The average molecular weight is 369 g/mol. The molecular formula is C16H23N3O5S. The van der Waals surface area contributed by atoms with Crippen LogP contribution in [0.15, 0.2) is 17.5 Å². The van der Waals surface area contributed by atoms with Crippen molar-refractivity contribution in [1.82, 2.24) is 16.0 Å². The number of esters is 1. The van der Waals surface area contributed by atoms with Crippen LogP contribution in [0.2, 0.25) is 0 Å². The number of hydrogen-bond acceptors (Lipinski definition) is 6. The highest BCUT2D eigenvalue weighted by molar-refractivity contribution is 7.12. The number of hydrogen-bond donors (Lipinski definition) is 3. The van der Waals surface area contributed by atoms with E-state index in [1.165, 1.54) is 11.3 Å². The van der Waals surface area contributed by atoms with Gasteiger partial charge in [-0.25, -0.2) is 9.59 Å². The van der Waals surface area contributed by atoms with Crippen LogP contribution in [-0.2, 0) is 14.3 Å². The van der Waals surface area contributed by atoms with E-state index in [9.17, 15) is 19.2 Å². The molecule has 0 aliphatic rings. The van der Waals surface area contributed by atoms with E-state index in [0.717, 1.165) is 0 Å². The van der Waals surface area contributed by atoms with Crippen molar-refractivity contribution in [3.63, 3.8) is 0 Å². The van der Waals surface area contributed by atoms with E-state index in [1.54, 1.807) is 45.2 Å². The summed E-state index contributed by atoms with van der Waals surface area (Å²) in [5.41, 5.74) is 0. The topological polar surface area (TPSA) is 114 Å². The molecule has 4 amide bonds. The predicted molar refractivity (Wildman–Crippen MR) is 93.2 cm³/mol. The molecule has 1 atom stereocenters. The van der Waals surface area contributed by atoms with Crippen LogP contribution in [-0.4, -0.2) is 42.5 Å². The molecule has 0 unspecified atom stereocenters. The molecule has 0 radical (unpaired) electrons. The fraction of sp³-hybridized carbons (Fsp3) is 0.500. The van der Waals surface area contributed by atoms with E-state index >= 15 is 0 Å². The van der Waals surface area contributed by atoms with Gasteiger partial charge in [0, 0.05) is 6.04 Å². The Hall–Kier alpha value is -2.42. The lowest BCUT2D eigenvalue weighted by molar-refractivity contribution is -0.151. The summed E-state index contributed by atoms with van der Waals surface area (Å²) in [4.78, 5) is 47.7. The summed E-state index contributed by atoms with van der Waals surface area (Å²) in [5.74, 6) is -2.10. The van der Waals surface area contributed by atoms with E-state index in [4.69, 9.17) is 4.74 Å². The molecule has 1 aromatic heterocycles. The van der Waals surface area contributed by atoms with Gasteiger partial charge in [-0.1, -0.05) is 19.9 Å². The van der Waals surface area contributed by atoms with Crippen LogP contribution in [0.5, 0.6) is 0 Å². The first-order chi connectivity index (χ1) is 11.7. The number of carbonyl (C=O) groups excluding carboxylic acids is 4. The number of imide groups is 1. The normalized spacial score (nSPS) is 11.8. The van der Waals surface area contributed by atoms with Gasteiger partial charge in [-0.05, 0) is 31.2 Å². The standard InChI is InChI=1S/C16H23N3O5S/c1-9(2)13(19-14(21)11-6-5-7-25-11)15(22)24-8-12(20)18-16(23)17-10(3)4/h5-7,9-10,13H,8H2,1-4H3,(H,19,21)(H2,17,18,20,23)/t13-/m1/s1. The zero-order chi connectivity index (χ0) is 19.0. The molecule has 0 fully saturated rings. The number of thiophene rings is 1. The molecule has 0 bridgehead atoms. The molecule has 3 N–H and O–H groups in total. The van der Waals surface area contributed by atoms with Gasteiger partial charge in [-0.15, -0.1) is 11.3 Å². The Morgan fingerprint density at radius 1 is 1.12 bits per heavy atom. The zero-order valence-corrected chi connectivity index (χ0v) is 15.4. The van der Waals surface area contributed by atoms with E-state index in [-0.39, 0.29) is 17.9 Å². The first kappa shape index (κ1) is 20.6. The van der Waals surface area contributed by atoms with Gasteiger partial charge in [-0.2, -0.15) is 0 Å². The minimum absolute atomic E-state index is 0.131. The number of carbonyl (C=O) groups is 4. The molecular weight excluding hydrogens is 346 g/mol. The van der Waals surface area contributed by atoms with Gasteiger partial charge in [0.2, 0.25) is 0 Å². The third-order valence-electron chi connectivity index (χ3n) is 2.97. The average Bonchev–Trinajstić information content (AvgIpc) is 3.03. The Balaban J connectivity index is 2.52. The molecule has 1 aromatic rings. The maximum Gasteiger partial charge on any atom is 0.329 e. The van der Waals surface area contributed by atoms with Gasteiger partial charge < -0.3 is 15.4 Å². The minimum Gasteiger partial charge on any atom is -0.454 e. The van der Waals surface area contributed by atoms with E-state index in [1.807, 2.05) is 5.32 Å². The smallest absolute Gasteiger partial charge is 0.329 e. The number of urea groups is 1. The fourth-order valence-corrected chi connectivity index (χ4v) is 2.43. The molecule has 0 aliphatic carbocycles. The highest BCUT2D eigenvalue weighted by Crippen LogP contribution is 2.11. The quantitative estimate of drug-likeness (QED) is 0.627. The van der Waals surface area contributed by atoms with Crippen LogP contribution >= 0.6 is 11.3 Å². The predicted octanol–water partition coefficient (Wildman–Crippen LogP) is 1.28. The van der Waals surface area contributed by atoms with Gasteiger partial charge in [0.05, 0.1) is 4.88 Å². The van der Waals surface area contributed by atoms with Crippen molar-refractivity contribution in [2.45, 2.75) is 39.8 Å². The van der Waals surface area contributed by atoms with Crippen LogP contribution in [0.3, 0.4) is 0 Å². The minimum atomic E-state index is -0.896. The van der Waals surface area contributed by atoms with Crippen LogP contribution < -0.4 is 16.0 Å². The van der Waals surface area contributed by atoms with Crippen LogP contribution in [0.25, 0.3) is 0 Å². The van der Waals surface area contributed by atoms with Crippen molar-refractivity contribution in [3.8, 4) is 0 Å². The second-order valence-corrected chi connectivity index (χ2v) is 6.90. The fourth-order valence-electron chi connectivity index (χ4n) is 1.81. The Morgan fingerprint density at radius 3 is 2.32 bits per heavy atom. The first-order valence-electron chi connectivity index (χ1n) is 7.82. The third kappa shape index (κ3) is 7.34. The molecule has 1 rings (SSSR count). The lowest BCUT2D eigenvalue weighted by Gasteiger charge is -2.20. The highest BCUT2D eigenvalue weighted by Gasteiger charge is 2.27. The van der Waals surface area contributed by atoms with E-state index in [2.05, 4.69) is 10.6 Å². The highest BCUT2D eigenvalue weighted by atomic mass is 32.1. The third-order valence-corrected chi connectivity index (χ3v) is 3.84. The summed E-state index contributed by atoms with van der Waals surface area (Å²) >= 11 is 1.25. The zero-order valence-electron chi connectivity index (χ0n) is 14.6. The monoisotopic (exact) mass is 369 g/mol. The van der Waals surface area contributed by atoms with Crippen LogP contribution in [0.1, 0.15) is 37.4 Å². The van der Waals surface area contributed by atoms with Crippen molar-refractivity contribution in [1.29, 1.82) is 0 Å². The van der Waals surface area contributed by atoms with Gasteiger partial charge in [0.25, 0.3) is 11.8 Å². The molecule has 1 heterocycles. The van der Waals surface area contributed by atoms with Gasteiger partial charge in [-0.3, -0.25) is 14.9 Å². The maximum atomic E-state index is 12.1. The van der Waals surface area contributed by atoms with Gasteiger partial charge in [0.1, 0.15) is 6.04 Å². The second kappa shape index (κ2) is 9.77. The Morgan fingerprint density at radius 2 is 1.80 bits per heavy atom. The number of ether oxygens (including phenoxy) is 1. The largest absolute Gasteiger partial charge is 0.454 e. The van der Waals surface area contributed by atoms with Crippen molar-refractivity contribution in [3.05, 3.63) is 22.4 Å². The summed E-state index contributed by atoms with van der Waals surface area (Å²) in [6, 6.07) is 1.68. The van der Waals surface area contributed by atoms with Gasteiger partial charge >= 0.3 is 12.0 Å². The van der Waals surface area contributed by atoms with Crippen LogP contribution in [0, 0.1) is 5.92 Å². The molecule has 0 aliphatic heterocycles. The molecule has 0 aromatic carbocycles. The number of amides is 4. The summed E-state index contributed by atoms with van der Waals surface area (Å²) in [7, 11) is 0. The summed E-state index contributed by atoms with van der Waals surface area (Å²) in [6.07, 6.45) is 0. The molecule has 0 spiro atoms. The number of nitrogens with one attached hydrogen (secondary N) is 3. The Kier molecular flexibility index (Phi) is 8.06. The van der Waals surface area contributed by atoms with Crippen molar-refractivity contribution in [2.24, 2.45) is 5.92 Å². The molecule has 25 heavy (non-hydrogen) atoms. The Labute approximate surface area is 150 Å². The summed E-state index contributed by atoms with van der Waals surface area (Å²) in [6.45, 7) is 6.37. The molecule has 9 heteroatoms. The molecule has 0 saturated heterocycles. The Bertz CT molecular complexity index is 613. The van der Waals surface area contributed by atoms with Crippen molar-refractivity contribution < 1.29 is 23.9 Å². The summed E-state index contributed by atoms with van der Waals surface area (Å²) < 4.78 is 4.91. The molecule has 8 nitrogen and oxygen atoms in total. The molecule has 138 valence electrons. The van der Waals surface area contributed by atoms with Crippen LogP contribution in [0.4, 0.5) is 4.79 Å². The lowest BCUT2D eigenvalue weighted by Crippen LogP contribution is -2.47. The van der Waals surface area contributed by atoms with E-state index < -0.39 is 30.6 Å². The first-order valence-corrected chi connectivity index (χ1v) is 8.70. The van der Waals surface area contributed by atoms with Crippen molar-refractivity contribution in [2.75, 3.05) is 6.61 Å². The SMILES string of the molecule is CC(C)NC(=O)NC(=O)COC(=O)[C@H](NC(=O)c1cccs1)C(C)C. The second-order valence-electron chi connectivity index (χ2n) is 5.96. The van der Waals surface area contributed by atoms with Crippen molar-refractivity contribution >= 4 is 35.2 Å². The number of rotatable bonds is 7. The maximum absolute atomic E-state index is 12.1. The summed E-state index contributed by atoms with van der Waals surface area (Å²) in [5, 5.41) is 8.87. The van der Waals surface area contributed by atoms with Gasteiger partial charge in [0.15, 0.2) is 6.61 Å².